The third kappa shape index (κ3) is 7.26. The molecule has 0 saturated heterocycles. The molecule has 5 heteroatoms. The number of pyridine rings is 2. The van der Waals surface area contributed by atoms with Crippen molar-refractivity contribution in [3.05, 3.63) is 139 Å². The third-order valence-electron chi connectivity index (χ3n) is 8.18. The Bertz CT molecular complexity index is 2060. The minimum atomic E-state index is -1.72. The summed E-state index contributed by atoms with van der Waals surface area (Å²) in [5, 5.41) is 2.22. The molecule has 3 heterocycles. The van der Waals surface area contributed by atoms with E-state index in [9.17, 15) is 0 Å². The second-order valence-electron chi connectivity index (χ2n) is 12.8. The number of aryl methyl sites for hydroxylation is 1. The van der Waals surface area contributed by atoms with Gasteiger partial charge in [0.1, 0.15) is 5.58 Å². The second-order valence-corrected chi connectivity index (χ2v) is 23.5. The Morgan fingerprint density at radius 2 is 1.46 bits per heavy atom. The van der Waals surface area contributed by atoms with Gasteiger partial charge in [0.25, 0.3) is 0 Å². The Morgan fingerprint density at radius 1 is 0.696 bits per heavy atom. The first-order chi connectivity index (χ1) is 21.7. The van der Waals surface area contributed by atoms with Crippen molar-refractivity contribution in [2.24, 2.45) is 0 Å². The number of fused-ring (bicyclic) bond motifs is 3. The Balaban J connectivity index is 0.000000209. The van der Waals surface area contributed by atoms with Gasteiger partial charge in [-0.05, 0) is 46.9 Å². The quantitative estimate of drug-likeness (QED) is 0.128. The van der Waals surface area contributed by atoms with Crippen LogP contribution >= 0.6 is 0 Å². The van der Waals surface area contributed by atoms with Crippen LogP contribution in [0.25, 0.3) is 55.6 Å². The summed E-state index contributed by atoms with van der Waals surface area (Å²) in [7, 11) is 0. The van der Waals surface area contributed by atoms with Gasteiger partial charge in [0.15, 0.2) is 0 Å². The molecule has 3 nitrogen and oxygen atoms in total. The molecule has 0 amide bonds. The zero-order valence-corrected chi connectivity index (χ0v) is 31.7. The van der Waals surface area contributed by atoms with Gasteiger partial charge in [-0.15, -0.1) is 18.2 Å². The summed E-state index contributed by atoms with van der Waals surface area (Å²) in [6.07, 6.45) is 3.99. The van der Waals surface area contributed by atoms with E-state index in [1.807, 2.05) is 48.8 Å². The van der Waals surface area contributed by atoms with Crippen LogP contribution in [-0.4, -0.2) is 23.2 Å². The molecule has 0 saturated carbocycles. The van der Waals surface area contributed by atoms with Gasteiger partial charge >= 0.3 is 99.8 Å². The molecule has 0 aliphatic carbocycles. The van der Waals surface area contributed by atoms with Crippen molar-refractivity contribution in [3.8, 4) is 33.6 Å². The van der Waals surface area contributed by atoms with Crippen LogP contribution in [-0.2, 0) is 20.1 Å². The van der Waals surface area contributed by atoms with Gasteiger partial charge in [-0.1, -0.05) is 73.3 Å². The number of hydrogen-bond acceptors (Lipinski definition) is 3. The van der Waals surface area contributed by atoms with E-state index < -0.39 is 13.3 Å². The molecule has 0 N–H and O–H groups in total. The van der Waals surface area contributed by atoms with Crippen molar-refractivity contribution >= 4 is 39.6 Å². The van der Waals surface area contributed by atoms with Crippen molar-refractivity contribution in [1.29, 1.82) is 0 Å². The number of rotatable bonds is 5. The number of furan rings is 1. The molecule has 4 aromatic carbocycles. The maximum absolute atomic E-state index is 6.36. The standard InChI is InChI=1S/C27H22NO.C14H16GeN.Ir/c1-17(2)24-15-25(28-16-18(24)3)23-11-7-10-22-21-13-12-20(14-26(21)29-27(22)23)19-8-5-4-6-9-19;1-15(2,3)13-9-10-14(16-11-13)12-7-5-4-6-8-12;/h4-10,12-17H,1-3H3;4-7,9-11H,1-3H3;/q2*-1;. The monoisotopic (exact) mass is 841 g/mol. The number of benzene rings is 4. The fourth-order valence-electron chi connectivity index (χ4n) is 5.59. The van der Waals surface area contributed by atoms with E-state index in [4.69, 9.17) is 4.42 Å². The molecule has 0 aliphatic heterocycles. The Kier molecular flexibility index (Phi) is 10.4. The van der Waals surface area contributed by atoms with E-state index in [1.165, 1.54) is 21.1 Å². The van der Waals surface area contributed by atoms with Crippen molar-refractivity contribution in [2.45, 2.75) is 44.0 Å². The zero-order valence-electron chi connectivity index (χ0n) is 27.2. The molecular weight excluding hydrogens is 801 g/mol. The number of hydrogen-bond donors (Lipinski definition) is 0. The van der Waals surface area contributed by atoms with Gasteiger partial charge in [0.2, 0.25) is 0 Å². The van der Waals surface area contributed by atoms with Gasteiger partial charge in [-0.25, -0.2) is 0 Å². The molecule has 7 aromatic rings. The van der Waals surface area contributed by atoms with Crippen LogP contribution < -0.4 is 4.40 Å². The molecule has 1 radical (unpaired) electrons. The molecule has 0 atom stereocenters. The van der Waals surface area contributed by atoms with E-state index >= 15 is 0 Å². The van der Waals surface area contributed by atoms with Crippen molar-refractivity contribution < 1.29 is 24.5 Å². The molecule has 7 rings (SSSR count). The minimum Gasteiger partial charge on any atom is 0 e. The molecule has 0 bridgehead atoms. The fraction of sp³-hybridized carbons (Fsp3) is 0.171. The van der Waals surface area contributed by atoms with Crippen LogP contribution in [0.3, 0.4) is 0 Å². The maximum atomic E-state index is 6.36. The molecular formula is C41H38GeIrN2O-2. The van der Waals surface area contributed by atoms with Gasteiger partial charge in [0, 0.05) is 31.7 Å². The molecule has 0 spiro atoms. The van der Waals surface area contributed by atoms with E-state index in [0.29, 0.717) is 5.92 Å². The topological polar surface area (TPSA) is 38.9 Å². The zero-order chi connectivity index (χ0) is 31.6. The Hall–Kier alpha value is -3.83. The van der Waals surface area contributed by atoms with Gasteiger partial charge in [-0.3, -0.25) is 0 Å². The van der Waals surface area contributed by atoms with Crippen LogP contribution in [0, 0.1) is 19.1 Å². The average Bonchev–Trinajstić information content (AvgIpc) is 3.44. The molecule has 0 unspecified atom stereocenters. The minimum absolute atomic E-state index is 0. The first kappa shape index (κ1) is 33.5. The summed E-state index contributed by atoms with van der Waals surface area (Å²) in [5.41, 5.74) is 10.5. The normalized spacial score (nSPS) is 11.3. The van der Waals surface area contributed by atoms with E-state index in [2.05, 4.69) is 127 Å². The first-order valence-electron chi connectivity index (χ1n) is 15.5. The summed E-state index contributed by atoms with van der Waals surface area (Å²) in [6.45, 7) is 6.54. The number of nitrogens with zero attached hydrogens (tertiary/aromatic N) is 2. The summed E-state index contributed by atoms with van der Waals surface area (Å²) in [5.74, 6) is 7.59. The average molecular weight is 840 g/mol. The van der Waals surface area contributed by atoms with Crippen LogP contribution in [0.2, 0.25) is 17.3 Å². The van der Waals surface area contributed by atoms with Crippen LogP contribution in [0.15, 0.2) is 120 Å². The number of aromatic nitrogens is 2. The van der Waals surface area contributed by atoms with Crippen LogP contribution in [0.5, 0.6) is 0 Å². The summed E-state index contributed by atoms with van der Waals surface area (Å²) < 4.78 is 7.80. The molecule has 46 heavy (non-hydrogen) atoms. The molecule has 233 valence electrons. The van der Waals surface area contributed by atoms with Gasteiger partial charge in [-0.2, -0.15) is 0 Å². The SMILES string of the molecule is Cc1cnc(-c2[c-]ccc3c2oc2cc(-c4ccccc4)ccc23)cc1C(C)C.[CH3][Ge]([CH3])([CH3])[c]1ccc(-c2[c-]cccc2)nc1.[Ir]. The maximum Gasteiger partial charge on any atom is 0 e. The Labute approximate surface area is 288 Å². The predicted octanol–water partition coefficient (Wildman–Crippen LogP) is 10.6. The molecule has 3 aromatic heterocycles. The first-order valence-corrected chi connectivity index (χ1v) is 22.9. The van der Waals surface area contributed by atoms with Crippen molar-refractivity contribution in [3.63, 3.8) is 0 Å². The predicted molar refractivity (Wildman–Crippen MR) is 192 cm³/mol. The smallest absolute Gasteiger partial charge is 0 e. The van der Waals surface area contributed by atoms with E-state index in [1.54, 1.807) is 0 Å². The van der Waals surface area contributed by atoms with Crippen LogP contribution in [0.1, 0.15) is 30.9 Å². The summed E-state index contributed by atoms with van der Waals surface area (Å²) in [4.78, 5) is 9.22. The van der Waals surface area contributed by atoms with E-state index in [-0.39, 0.29) is 20.1 Å². The second kappa shape index (κ2) is 14.3. The van der Waals surface area contributed by atoms with E-state index in [0.717, 1.165) is 50.0 Å². The fourth-order valence-corrected chi connectivity index (χ4v) is 7.76. The van der Waals surface area contributed by atoms with Gasteiger partial charge < -0.3 is 9.40 Å². The largest absolute Gasteiger partial charge is 0 e. The molecule has 0 fully saturated rings. The van der Waals surface area contributed by atoms with Crippen molar-refractivity contribution in [2.75, 3.05) is 0 Å². The summed E-state index contributed by atoms with van der Waals surface area (Å²) in [6, 6.07) is 41.9. The summed E-state index contributed by atoms with van der Waals surface area (Å²) >= 11 is -1.72. The van der Waals surface area contributed by atoms with Crippen LogP contribution in [0.4, 0.5) is 0 Å². The van der Waals surface area contributed by atoms with Gasteiger partial charge in [0.05, 0.1) is 5.58 Å². The van der Waals surface area contributed by atoms with Crippen molar-refractivity contribution in [1.82, 2.24) is 9.97 Å². The molecule has 0 aliphatic rings. The Morgan fingerprint density at radius 3 is 2.13 bits per heavy atom. The third-order valence-corrected chi connectivity index (χ3v) is 12.4.